The molecular weight excluding hydrogens is 180 g/mol. The topological polar surface area (TPSA) is 75.4 Å². The van der Waals surface area contributed by atoms with E-state index in [-0.39, 0.29) is 12.5 Å². The number of hydrogen-bond acceptors (Lipinski definition) is 3. The van der Waals surface area contributed by atoms with Gasteiger partial charge in [0.1, 0.15) is 0 Å². The molecule has 14 heavy (non-hydrogen) atoms. The molecule has 0 aromatic rings. The molecule has 0 fully saturated rings. The van der Waals surface area contributed by atoms with E-state index in [1.807, 2.05) is 20.8 Å². The zero-order valence-electron chi connectivity index (χ0n) is 9.34. The second-order valence-corrected chi connectivity index (χ2v) is 3.66. The molecule has 0 aliphatic heterocycles. The highest BCUT2D eigenvalue weighted by Gasteiger charge is 2.23. The fourth-order valence-corrected chi connectivity index (χ4v) is 1.07. The van der Waals surface area contributed by atoms with Crippen molar-refractivity contribution >= 4 is 5.91 Å². The predicted molar refractivity (Wildman–Crippen MR) is 56.8 cm³/mol. The predicted octanol–water partition coefficient (Wildman–Crippen LogP) is 0.391. The smallest absolute Gasteiger partial charge is 0.237 e. The average Bonchev–Trinajstić information content (AvgIpc) is 2.24. The van der Waals surface area contributed by atoms with Gasteiger partial charge >= 0.3 is 0 Å². The summed E-state index contributed by atoms with van der Waals surface area (Å²) in [5.41, 5.74) is 4.75. The number of rotatable bonds is 6. The quantitative estimate of drug-likeness (QED) is 0.583. The molecule has 0 saturated heterocycles. The number of aliphatic hydroxyl groups is 1. The maximum atomic E-state index is 11.3. The monoisotopic (exact) mass is 202 g/mol. The Labute approximate surface area is 85.9 Å². The van der Waals surface area contributed by atoms with Crippen LogP contribution in [0.4, 0.5) is 0 Å². The van der Waals surface area contributed by atoms with Crippen molar-refractivity contribution < 1.29 is 9.90 Å². The molecule has 0 aromatic heterocycles. The van der Waals surface area contributed by atoms with Gasteiger partial charge in [-0.3, -0.25) is 4.79 Å². The Morgan fingerprint density at radius 2 is 1.93 bits per heavy atom. The number of carbonyl (C=O) groups is 1. The molecule has 0 spiro atoms. The minimum absolute atomic E-state index is 0.187. The number of nitrogens with two attached hydrogens (primary N) is 1. The maximum Gasteiger partial charge on any atom is 0.237 e. The van der Waals surface area contributed by atoms with Crippen molar-refractivity contribution in [1.82, 2.24) is 5.32 Å². The van der Waals surface area contributed by atoms with Crippen LogP contribution in [0.3, 0.4) is 0 Å². The van der Waals surface area contributed by atoms with Crippen molar-refractivity contribution in [1.29, 1.82) is 0 Å². The van der Waals surface area contributed by atoms with Crippen LogP contribution in [0.25, 0.3) is 0 Å². The fourth-order valence-electron chi connectivity index (χ4n) is 1.07. The molecule has 4 nitrogen and oxygen atoms in total. The fraction of sp³-hybridized carbons (Fsp3) is 0.900. The lowest BCUT2D eigenvalue weighted by Gasteiger charge is -2.26. The third-order valence-electron chi connectivity index (χ3n) is 2.68. The van der Waals surface area contributed by atoms with Gasteiger partial charge in [-0.15, -0.1) is 0 Å². The van der Waals surface area contributed by atoms with Crippen molar-refractivity contribution in [3.05, 3.63) is 0 Å². The van der Waals surface area contributed by atoms with E-state index < -0.39 is 11.6 Å². The van der Waals surface area contributed by atoms with E-state index in [1.165, 1.54) is 0 Å². The van der Waals surface area contributed by atoms with Crippen LogP contribution in [0, 0.1) is 0 Å². The molecule has 0 bridgehead atoms. The minimum atomic E-state index is -0.789. The van der Waals surface area contributed by atoms with Gasteiger partial charge in [0, 0.05) is 6.54 Å². The first kappa shape index (κ1) is 13.4. The van der Waals surface area contributed by atoms with Crippen LogP contribution in [-0.2, 0) is 4.79 Å². The van der Waals surface area contributed by atoms with Crippen molar-refractivity contribution in [3.8, 4) is 0 Å². The molecule has 0 radical (unpaired) electrons. The van der Waals surface area contributed by atoms with E-state index in [1.54, 1.807) is 0 Å². The Morgan fingerprint density at radius 3 is 2.29 bits per heavy atom. The number of nitrogens with one attached hydrogen (secondary N) is 1. The van der Waals surface area contributed by atoms with Gasteiger partial charge < -0.3 is 16.2 Å². The molecule has 84 valence electrons. The Morgan fingerprint density at radius 1 is 1.43 bits per heavy atom. The Balaban J connectivity index is 3.98. The molecule has 0 heterocycles. The summed E-state index contributed by atoms with van der Waals surface area (Å²) in [7, 11) is 0. The maximum absolute atomic E-state index is 11.3. The highest BCUT2D eigenvalue weighted by atomic mass is 16.3. The Hall–Kier alpha value is -0.610. The van der Waals surface area contributed by atoms with Crippen molar-refractivity contribution in [3.63, 3.8) is 0 Å². The summed E-state index contributed by atoms with van der Waals surface area (Å²) in [5.74, 6) is -0.187. The molecule has 0 aliphatic carbocycles. The third-order valence-corrected chi connectivity index (χ3v) is 2.68. The van der Waals surface area contributed by atoms with Crippen molar-refractivity contribution in [2.24, 2.45) is 5.73 Å². The van der Waals surface area contributed by atoms with Crippen molar-refractivity contribution in [2.45, 2.75) is 51.7 Å². The first-order valence-corrected chi connectivity index (χ1v) is 5.24. The third kappa shape index (κ3) is 4.07. The summed E-state index contributed by atoms with van der Waals surface area (Å²) in [6.45, 7) is 5.94. The van der Waals surface area contributed by atoms with E-state index >= 15 is 0 Å². The van der Waals surface area contributed by atoms with Gasteiger partial charge in [0.05, 0.1) is 11.6 Å². The lowest BCUT2D eigenvalue weighted by molar-refractivity contribution is -0.123. The SMILES string of the molecule is CC[C@@H](N)C(=O)NCC(O)(CC)CC. The second kappa shape index (κ2) is 5.98. The van der Waals surface area contributed by atoms with E-state index in [0.29, 0.717) is 19.3 Å². The Bertz CT molecular complexity index is 179. The zero-order chi connectivity index (χ0) is 11.2. The standard InChI is InChI=1S/C10H22N2O2/c1-4-8(11)9(13)12-7-10(14,5-2)6-3/h8,14H,4-7,11H2,1-3H3,(H,12,13)/t8-/m1/s1. The summed E-state index contributed by atoms with van der Waals surface area (Å²) >= 11 is 0. The van der Waals surface area contributed by atoms with Gasteiger partial charge in [0.25, 0.3) is 0 Å². The summed E-state index contributed by atoms with van der Waals surface area (Å²) in [4.78, 5) is 11.3. The molecule has 0 saturated carbocycles. The van der Waals surface area contributed by atoms with Crippen LogP contribution in [0.2, 0.25) is 0 Å². The molecule has 0 aliphatic rings. The zero-order valence-corrected chi connectivity index (χ0v) is 9.34. The van der Waals surface area contributed by atoms with Crippen LogP contribution in [0.5, 0.6) is 0 Å². The van der Waals surface area contributed by atoms with Crippen LogP contribution in [0.1, 0.15) is 40.0 Å². The van der Waals surface area contributed by atoms with Crippen molar-refractivity contribution in [2.75, 3.05) is 6.54 Å². The van der Waals surface area contributed by atoms with Crippen LogP contribution >= 0.6 is 0 Å². The van der Waals surface area contributed by atoms with E-state index in [9.17, 15) is 9.90 Å². The molecule has 1 amide bonds. The number of hydrogen-bond donors (Lipinski definition) is 3. The average molecular weight is 202 g/mol. The van der Waals surface area contributed by atoms with Gasteiger partial charge in [-0.1, -0.05) is 20.8 Å². The summed E-state index contributed by atoms with van der Waals surface area (Å²) in [6.07, 6.45) is 1.87. The molecule has 1 atom stereocenters. The van der Waals surface area contributed by atoms with Crippen LogP contribution < -0.4 is 11.1 Å². The highest BCUT2D eigenvalue weighted by Crippen LogP contribution is 2.12. The molecule has 0 unspecified atom stereocenters. The van der Waals surface area contributed by atoms with E-state index in [0.717, 1.165) is 0 Å². The first-order valence-electron chi connectivity index (χ1n) is 5.24. The number of carbonyl (C=O) groups excluding carboxylic acids is 1. The van der Waals surface area contributed by atoms with Gasteiger partial charge in [-0.25, -0.2) is 0 Å². The van der Waals surface area contributed by atoms with Gasteiger partial charge in [-0.2, -0.15) is 0 Å². The molecule has 0 rings (SSSR count). The minimum Gasteiger partial charge on any atom is -0.388 e. The summed E-state index contributed by atoms with van der Waals surface area (Å²) in [6, 6.07) is -0.465. The van der Waals surface area contributed by atoms with Gasteiger partial charge in [0.2, 0.25) is 5.91 Å². The van der Waals surface area contributed by atoms with E-state index in [2.05, 4.69) is 5.32 Å². The normalized spacial score (nSPS) is 13.8. The van der Waals surface area contributed by atoms with Gasteiger partial charge in [0.15, 0.2) is 0 Å². The summed E-state index contributed by atoms with van der Waals surface area (Å²) < 4.78 is 0. The lowest BCUT2D eigenvalue weighted by atomic mass is 9.97. The Kier molecular flexibility index (Phi) is 5.72. The largest absolute Gasteiger partial charge is 0.388 e. The second-order valence-electron chi connectivity index (χ2n) is 3.66. The van der Waals surface area contributed by atoms with Crippen LogP contribution in [0.15, 0.2) is 0 Å². The molecule has 4 heteroatoms. The lowest BCUT2D eigenvalue weighted by Crippen LogP contribution is -2.47. The summed E-state index contributed by atoms with van der Waals surface area (Å²) in [5, 5.41) is 12.5. The van der Waals surface area contributed by atoms with E-state index in [4.69, 9.17) is 5.73 Å². The molecular formula is C10H22N2O2. The molecule has 0 aromatic carbocycles. The number of amides is 1. The highest BCUT2D eigenvalue weighted by molar-refractivity contribution is 5.81. The molecule has 4 N–H and O–H groups in total. The van der Waals surface area contributed by atoms with Gasteiger partial charge in [-0.05, 0) is 19.3 Å². The van der Waals surface area contributed by atoms with Crippen LogP contribution in [-0.4, -0.2) is 29.2 Å². The first-order chi connectivity index (χ1) is 6.49.